The predicted molar refractivity (Wildman–Crippen MR) is 77.2 cm³/mol. The molecule has 1 atom stereocenters. The van der Waals surface area contributed by atoms with Crippen molar-refractivity contribution in [3.05, 3.63) is 59.2 Å². The number of hydrogen-bond acceptors (Lipinski definition) is 3. The molecule has 0 amide bonds. The van der Waals surface area contributed by atoms with E-state index in [0.29, 0.717) is 17.9 Å². The van der Waals surface area contributed by atoms with Crippen LogP contribution in [0.25, 0.3) is 0 Å². The fourth-order valence-electron chi connectivity index (χ4n) is 1.97. The molecular formula is C16H19FN2O. The van der Waals surface area contributed by atoms with Gasteiger partial charge in [0.25, 0.3) is 0 Å². The number of nitrogens with one attached hydrogen (secondary N) is 1. The monoisotopic (exact) mass is 274 g/mol. The maximum atomic E-state index is 13.9. The second kappa shape index (κ2) is 6.48. The lowest BCUT2D eigenvalue weighted by molar-refractivity contribution is 0.409. The van der Waals surface area contributed by atoms with E-state index in [1.807, 2.05) is 32.2 Å². The summed E-state index contributed by atoms with van der Waals surface area (Å²) in [4.78, 5) is 4.24. The van der Waals surface area contributed by atoms with Gasteiger partial charge in [0.1, 0.15) is 11.6 Å². The summed E-state index contributed by atoms with van der Waals surface area (Å²) in [5.41, 5.74) is 2.70. The Hall–Kier alpha value is -1.94. The van der Waals surface area contributed by atoms with Gasteiger partial charge in [0.15, 0.2) is 0 Å². The maximum absolute atomic E-state index is 13.9. The van der Waals surface area contributed by atoms with E-state index in [0.717, 1.165) is 11.3 Å². The van der Waals surface area contributed by atoms with Crippen LogP contribution in [0.1, 0.15) is 29.8 Å². The van der Waals surface area contributed by atoms with Gasteiger partial charge < -0.3 is 10.1 Å². The molecule has 0 fully saturated rings. The third-order valence-corrected chi connectivity index (χ3v) is 3.26. The first kappa shape index (κ1) is 14.5. The smallest absolute Gasteiger partial charge is 0.131 e. The summed E-state index contributed by atoms with van der Waals surface area (Å²) in [7, 11) is 1.53. The van der Waals surface area contributed by atoms with Crippen molar-refractivity contribution in [2.45, 2.75) is 26.4 Å². The lowest BCUT2D eigenvalue weighted by Gasteiger charge is -2.15. The van der Waals surface area contributed by atoms with Gasteiger partial charge in [-0.3, -0.25) is 4.98 Å². The Morgan fingerprint density at radius 1 is 1.30 bits per heavy atom. The SMILES string of the molecule is COc1ccc(C(C)NCc2ccc(C)nc2)c(F)c1. The topological polar surface area (TPSA) is 34.1 Å². The molecule has 0 bridgehead atoms. The minimum absolute atomic E-state index is 0.0813. The van der Waals surface area contributed by atoms with Gasteiger partial charge in [-0.15, -0.1) is 0 Å². The molecule has 20 heavy (non-hydrogen) atoms. The molecule has 0 aliphatic rings. The van der Waals surface area contributed by atoms with E-state index >= 15 is 0 Å². The first-order valence-electron chi connectivity index (χ1n) is 6.58. The van der Waals surface area contributed by atoms with Crippen LogP contribution >= 0.6 is 0 Å². The zero-order valence-electron chi connectivity index (χ0n) is 12.0. The molecule has 1 aromatic heterocycles. The molecule has 1 unspecified atom stereocenters. The van der Waals surface area contributed by atoms with Crippen molar-refractivity contribution in [2.75, 3.05) is 7.11 Å². The highest BCUT2D eigenvalue weighted by Gasteiger charge is 2.11. The molecule has 1 aromatic carbocycles. The zero-order chi connectivity index (χ0) is 14.5. The molecule has 0 saturated heterocycles. The van der Waals surface area contributed by atoms with Crippen LogP contribution in [0.5, 0.6) is 5.75 Å². The molecule has 3 nitrogen and oxygen atoms in total. The second-order valence-corrected chi connectivity index (χ2v) is 4.80. The van der Waals surface area contributed by atoms with Crippen molar-refractivity contribution in [2.24, 2.45) is 0 Å². The number of benzene rings is 1. The van der Waals surface area contributed by atoms with E-state index in [2.05, 4.69) is 10.3 Å². The van der Waals surface area contributed by atoms with Gasteiger partial charge in [0.2, 0.25) is 0 Å². The highest BCUT2D eigenvalue weighted by molar-refractivity contribution is 5.30. The number of pyridine rings is 1. The lowest BCUT2D eigenvalue weighted by Crippen LogP contribution is -2.19. The number of methoxy groups -OCH3 is 1. The van der Waals surface area contributed by atoms with Gasteiger partial charge in [-0.25, -0.2) is 4.39 Å². The fraction of sp³-hybridized carbons (Fsp3) is 0.312. The number of aromatic nitrogens is 1. The molecule has 0 aliphatic carbocycles. The van der Waals surface area contributed by atoms with Crippen molar-refractivity contribution < 1.29 is 9.13 Å². The first-order valence-corrected chi connectivity index (χ1v) is 6.58. The van der Waals surface area contributed by atoms with Gasteiger partial charge in [0, 0.05) is 36.1 Å². The van der Waals surface area contributed by atoms with Crippen LogP contribution in [0.3, 0.4) is 0 Å². The van der Waals surface area contributed by atoms with Crippen LogP contribution < -0.4 is 10.1 Å². The lowest BCUT2D eigenvalue weighted by atomic mass is 10.1. The molecule has 2 rings (SSSR count). The van der Waals surface area contributed by atoms with Crippen molar-refractivity contribution in [3.8, 4) is 5.75 Å². The van der Waals surface area contributed by atoms with E-state index in [1.54, 1.807) is 12.1 Å². The van der Waals surface area contributed by atoms with Crippen molar-refractivity contribution >= 4 is 0 Å². The Morgan fingerprint density at radius 2 is 2.10 bits per heavy atom. The van der Waals surface area contributed by atoms with Crippen LogP contribution in [0.2, 0.25) is 0 Å². The third kappa shape index (κ3) is 3.54. The zero-order valence-corrected chi connectivity index (χ0v) is 12.0. The summed E-state index contributed by atoms with van der Waals surface area (Å²) >= 11 is 0. The van der Waals surface area contributed by atoms with Crippen LogP contribution in [-0.2, 0) is 6.54 Å². The van der Waals surface area contributed by atoms with E-state index in [-0.39, 0.29) is 11.9 Å². The van der Waals surface area contributed by atoms with E-state index in [9.17, 15) is 4.39 Å². The average Bonchev–Trinajstić information content (AvgIpc) is 2.46. The summed E-state index contributed by atoms with van der Waals surface area (Å²) in [6.45, 7) is 4.54. The van der Waals surface area contributed by atoms with E-state index in [4.69, 9.17) is 4.74 Å². The average molecular weight is 274 g/mol. The largest absolute Gasteiger partial charge is 0.497 e. The van der Waals surface area contributed by atoms with Gasteiger partial charge in [-0.05, 0) is 31.5 Å². The molecule has 0 radical (unpaired) electrons. The minimum Gasteiger partial charge on any atom is -0.497 e. The Morgan fingerprint density at radius 3 is 2.70 bits per heavy atom. The summed E-state index contributed by atoms with van der Waals surface area (Å²) in [6.07, 6.45) is 1.83. The van der Waals surface area contributed by atoms with E-state index in [1.165, 1.54) is 13.2 Å². The van der Waals surface area contributed by atoms with Crippen LogP contribution in [-0.4, -0.2) is 12.1 Å². The second-order valence-electron chi connectivity index (χ2n) is 4.80. The number of aryl methyl sites for hydroxylation is 1. The van der Waals surface area contributed by atoms with Gasteiger partial charge in [-0.2, -0.15) is 0 Å². The quantitative estimate of drug-likeness (QED) is 0.907. The molecule has 0 spiro atoms. The van der Waals surface area contributed by atoms with Gasteiger partial charge in [0.05, 0.1) is 7.11 Å². The molecule has 1 heterocycles. The molecule has 2 aromatic rings. The molecule has 4 heteroatoms. The summed E-state index contributed by atoms with van der Waals surface area (Å²) in [5, 5.41) is 3.29. The molecule has 106 valence electrons. The summed E-state index contributed by atoms with van der Waals surface area (Å²) in [6, 6.07) is 8.83. The normalized spacial score (nSPS) is 12.2. The predicted octanol–water partition coefficient (Wildman–Crippen LogP) is 3.39. The Labute approximate surface area is 118 Å². The number of nitrogens with zero attached hydrogens (tertiary/aromatic N) is 1. The highest BCUT2D eigenvalue weighted by Crippen LogP contribution is 2.21. The first-order chi connectivity index (χ1) is 9.60. The van der Waals surface area contributed by atoms with Crippen LogP contribution in [0.15, 0.2) is 36.5 Å². The molecule has 0 aliphatic heterocycles. The number of ether oxygens (including phenoxy) is 1. The fourth-order valence-corrected chi connectivity index (χ4v) is 1.97. The summed E-state index contributed by atoms with van der Waals surface area (Å²) < 4.78 is 18.9. The standard InChI is InChI=1S/C16H19FN2O/c1-11-4-5-13(9-18-11)10-19-12(2)15-7-6-14(20-3)8-16(15)17/h4-9,12,19H,10H2,1-3H3. The van der Waals surface area contributed by atoms with Gasteiger partial charge in [-0.1, -0.05) is 12.1 Å². The van der Waals surface area contributed by atoms with Gasteiger partial charge >= 0.3 is 0 Å². The summed E-state index contributed by atoms with van der Waals surface area (Å²) in [5.74, 6) is 0.271. The Balaban J connectivity index is 2.01. The number of hydrogen-bond donors (Lipinski definition) is 1. The third-order valence-electron chi connectivity index (χ3n) is 3.26. The Kier molecular flexibility index (Phi) is 4.69. The van der Waals surface area contributed by atoms with Crippen molar-refractivity contribution in [1.82, 2.24) is 10.3 Å². The maximum Gasteiger partial charge on any atom is 0.131 e. The molecular weight excluding hydrogens is 255 g/mol. The van der Waals surface area contributed by atoms with Crippen LogP contribution in [0.4, 0.5) is 4.39 Å². The number of halogens is 1. The number of rotatable bonds is 5. The molecule has 1 N–H and O–H groups in total. The highest BCUT2D eigenvalue weighted by atomic mass is 19.1. The Bertz CT molecular complexity index is 569. The van der Waals surface area contributed by atoms with E-state index < -0.39 is 0 Å². The molecule has 0 saturated carbocycles. The van der Waals surface area contributed by atoms with Crippen molar-refractivity contribution in [1.29, 1.82) is 0 Å². The van der Waals surface area contributed by atoms with Crippen molar-refractivity contribution in [3.63, 3.8) is 0 Å². The minimum atomic E-state index is -0.258. The van der Waals surface area contributed by atoms with Crippen LogP contribution in [0, 0.1) is 12.7 Å².